The minimum atomic E-state index is -1.27. The molecule has 5 rings (SSSR count). The number of ether oxygens (including phenoxy) is 2. The third-order valence-electron chi connectivity index (χ3n) is 5.91. The Labute approximate surface area is 189 Å². The average Bonchev–Trinajstić information content (AvgIpc) is 3.18. The molecule has 0 saturated heterocycles. The van der Waals surface area contributed by atoms with Crippen LogP contribution in [0.3, 0.4) is 0 Å². The highest BCUT2D eigenvalue weighted by Crippen LogP contribution is 2.39. The van der Waals surface area contributed by atoms with Crippen LogP contribution in [0, 0.1) is 12.7 Å². The first-order valence-electron chi connectivity index (χ1n) is 10.7. The molecule has 0 radical (unpaired) electrons. The van der Waals surface area contributed by atoms with E-state index in [1.807, 2.05) is 0 Å². The maximum absolute atomic E-state index is 13.6. The molecule has 1 N–H and O–H groups in total. The maximum Gasteiger partial charge on any atom is 0.277 e. The zero-order valence-corrected chi connectivity index (χ0v) is 18.3. The number of benzene rings is 2. The number of carbonyl (C=O) groups excluding carboxylic acids is 2. The first-order valence-corrected chi connectivity index (χ1v) is 10.7. The van der Waals surface area contributed by atoms with Crippen LogP contribution < -0.4 is 19.7 Å². The molecule has 1 atom stereocenters. The number of carbonyl (C=O) groups is 2. The van der Waals surface area contributed by atoms with E-state index in [9.17, 15) is 14.0 Å². The molecule has 2 aliphatic heterocycles. The van der Waals surface area contributed by atoms with E-state index in [0.717, 1.165) is 5.56 Å². The Hall–Kier alpha value is -3.88. The monoisotopic (exact) mass is 450 g/mol. The number of aromatic nitrogens is 2. The third-order valence-corrected chi connectivity index (χ3v) is 5.91. The topological polar surface area (TPSA) is 85.7 Å². The Morgan fingerprint density at radius 2 is 1.85 bits per heavy atom. The average molecular weight is 450 g/mol. The number of hydrogen-bond donors (Lipinski definition) is 1. The van der Waals surface area contributed by atoms with Crippen molar-refractivity contribution < 1.29 is 23.5 Å². The molecule has 2 amide bonds. The Bertz CT molecular complexity index is 1240. The minimum absolute atomic E-state index is 0.172. The molecule has 0 spiro atoms. The summed E-state index contributed by atoms with van der Waals surface area (Å²) in [5, 5.41) is 7.31. The zero-order chi connectivity index (χ0) is 23.2. The third kappa shape index (κ3) is 3.69. The SMILES string of the molecule is Cc1cc2n(n1)C[C@](C)(C(=O)NCc1ccc(F)cc1)N(c1ccc3c(c1)OCCO3)C2=O. The van der Waals surface area contributed by atoms with E-state index in [4.69, 9.17) is 9.47 Å². The summed E-state index contributed by atoms with van der Waals surface area (Å²) in [7, 11) is 0. The molecular weight excluding hydrogens is 427 g/mol. The minimum Gasteiger partial charge on any atom is -0.486 e. The van der Waals surface area contributed by atoms with Crippen molar-refractivity contribution in [1.29, 1.82) is 0 Å². The number of fused-ring (bicyclic) bond motifs is 2. The van der Waals surface area contributed by atoms with Gasteiger partial charge in [-0.05, 0) is 49.7 Å². The molecule has 3 aromatic rings. The van der Waals surface area contributed by atoms with E-state index < -0.39 is 5.54 Å². The van der Waals surface area contributed by atoms with Gasteiger partial charge in [0.15, 0.2) is 11.5 Å². The fraction of sp³-hybridized carbons (Fsp3) is 0.292. The Kier molecular flexibility index (Phi) is 5.03. The normalized spacial score (nSPS) is 19.2. The second-order valence-electron chi connectivity index (χ2n) is 8.38. The van der Waals surface area contributed by atoms with Crippen LogP contribution in [0.1, 0.15) is 28.7 Å². The lowest BCUT2D eigenvalue weighted by molar-refractivity contribution is -0.126. The van der Waals surface area contributed by atoms with Crippen LogP contribution in [-0.2, 0) is 17.9 Å². The van der Waals surface area contributed by atoms with Crippen molar-refractivity contribution in [3.05, 3.63) is 71.3 Å². The van der Waals surface area contributed by atoms with Gasteiger partial charge >= 0.3 is 0 Å². The fourth-order valence-electron chi connectivity index (χ4n) is 4.26. The number of nitrogens with one attached hydrogen (secondary N) is 1. The summed E-state index contributed by atoms with van der Waals surface area (Å²) in [4.78, 5) is 28.6. The molecule has 2 aliphatic rings. The van der Waals surface area contributed by atoms with Gasteiger partial charge in [0, 0.05) is 18.3 Å². The zero-order valence-electron chi connectivity index (χ0n) is 18.3. The highest BCUT2D eigenvalue weighted by Gasteiger charge is 2.49. The molecule has 0 aliphatic carbocycles. The van der Waals surface area contributed by atoms with E-state index in [-0.39, 0.29) is 30.7 Å². The van der Waals surface area contributed by atoms with Crippen molar-refractivity contribution in [3.63, 3.8) is 0 Å². The van der Waals surface area contributed by atoms with Crippen molar-refractivity contribution in [2.75, 3.05) is 18.1 Å². The van der Waals surface area contributed by atoms with Crippen molar-refractivity contribution >= 4 is 17.5 Å². The summed E-state index contributed by atoms with van der Waals surface area (Å²) in [5.74, 6) is 0.0850. The molecule has 33 heavy (non-hydrogen) atoms. The van der Waals surface area contributed by atoms with Gasteiger partial charge in [-0.15, -0.1) is 0 Å². The standard InChI is InChI=1S/C24H23FN4O4/c1-15-11-19-22(30)29(18-7-8-20-21(12-18)33-10-9-32-20)24(2,14-28(19)27-15)23(31)26-13-16-3-5-17(25)6-4-16/h3-8,11-12H,9-10,13-14H2,1-2H3,(H,26,31)/t24-/m1/s1. The van der Waals surface area contributed by atoms with Gasteiger partial charge in [-0.3, -0.25) is 19.2 Å². The Morgan fingerprint density at radius 3 is 2.61 bits per heavy atom. The summed E-state index contributed by atoms with van der Waals surface area (Å²) in [6, 6.07) is 12.8. The number of rotatable bonds is 4. The second kappa shape index (κ2) is 7.91. The van der Waals surface area contributed by atoms with Crippen molar-refractivity contribution in [3.8, 4) is 11.5 Å². The molecule has 0 fully saturated rings. The molecule has 3 heterocycles. The van der Waals surface area contributed by atoms with Crippen LogP contribution in [0.25, 0.3) is 0 Å². The number of anilines is 1. The summed E-state index contributed by atoms with van der Waals surface area (Å²) >= 11 is 0. The first-order chi connectivity index (χ1) is 15.8. The number of halogens is 1. The lowest BCUT2D eigenvalue weighted by Gasteiger charge is -2.43. The molecule has 2 aromatic carbocycles. The van der Waals surface area contributed by atoms with Crippen LogP contribution in [0.15, 0.2) is 48.5 Å². The molecule has 170 valence electrons. The van der Waals surface area contributed by atoms with Gasteiger partial charge in [0.1, 0.15) is 30.3 Å². The van der Waals surface area contributed by atoms with Gasteiger partial charge < -0.3 is 14.8 Å². The largest absolute Gasteiger partial charge is 0.486 e. The van der Waals surface area contributed by atoms with Crippen molar-refractivity contribution in [2.45, 2.75) is 32.5 Å². The highest BCUT2D eigenvalue weighted by atomic mass is 19.1. The molecular formula is C24H23FN4O4. The van der Waals surface area contributed by atoms with E-state index in [1.165, 1.54) is 17.0 Å². The lowest BCUT2D eigenvalue weighted by atomic mass is 9.93. The summed E-state index contributed by atoms with van der Waals surface area (Å²) in [6.07, 6.45) is 0. The van der Waals surface area contributed by atoms with E-state index in [1.54, 1.807) is 54.9 Å². The quantitative estimate of drug-likeness (QED) is 0.661. The van der Waals surface area contributed by atoms with Gasteiger partial charge in [-0.1, -0.05) is 12.1 Å². The molecule has 0 saturated carbocycles. The van der Waals surface area contributed by atoms with Gasteiger partial charge in [-0.25, -0.2) is 4.39 Å². The fourth-order valence-corrected chi connectivity index (χ4v) is 4.26. The smallest absolute Gasteiger partial charge is 0.277 e. The lowest BCUT2D eigenvalue weighted by Crippen LogP contribution is -2.64. The van der Waals surface area contributed by atoms with E-state index in [0.29, 0.717) is 41.8 Å². The molecule has 9 heteroatoms. The maximum atomic E-state index is 13.6. The van der Waals surface area contributed by atoms with Crippen LogP contribution in [-0.4, -0.2) is 40.3 Å². The van der Waals surface area contributed by atoms with E-state index in [2.05, 4.69) is 10.4 Å². The predicted molar refractivity (Wildman–Crippen MR) is 118 cm³/mol. The van der Waals surface area contributed by atoms with Gasteiger partial charge in [0.25, 0.3) is 5.91 Å². The highest BCUT2D eigenvalue weighted by molar-refractivity contribution is 6.12. The van der Waals surface area contributed by atoms with E-state index >= 15 is 0 Å². The predicted octanol–water partition coefficient (Wildman–Crippen LogP) is 2.84. The molecule has 8 nitrogen and oxygen atoms in total. The Morgan fingerprint density at radius 1 is 1.12 bits per heavy atom. The van der Waals surface area contributed by atoms with Crippen LogP contribution in [0.4, 0.5) is 10.1 Å². The van der Waals surface area contributed by atoms with Gasteiger partial charge in [0.05, 0.1) is 12.2 Å². The molecule has 0 unspecified atom stereocenters. The van der Waals surface area contributed by atoms with Gasteiger partial charge in [-0.2, -0.15) is 5.10 Å². The molecule has 1 aromatic heterocycles. The summed E-state index contributed by atoms with van der Waals surface area (Å²) in [5.41, 5.74) is 1.10. The number of amides is 2. The summed E-state index contributed by atoms with van der Waals surface area (Å²) in [6.45, 7) is 4.75. The Balaban J connectivity index is 1.51. The van der Waals surface area contributed by atoms with Crippen LogP contribution >= 0.6 is 0 Å². The van der Waals surface area contributed by atoms with Crippen LogP contribution in [0.2, 0.25) is 0 Å². The molecule has 0 bridgehead atoms. The van der Waals surface area contributed by atoms with Gasteiger partial charge in [0.2, 0.25) is 5.91 Å². The second-order valence-corrected chi connectivity index (χ2v) is 8.38. The van der Waals surface area contributed by atoms with Crippen molar-refractivity contribution in [2.24, 2.45) is 0 Å². The number of hydrogen-bond acceptors (Lipinski definition) is 5. The van der Waals surface area contributed by atoms with Crippen LogP contribution in [0.5, 0.6) is 11.5 Å². The first kappa shape index (κ1) is 21.0. The number of nitrogens with zero attached hydrogens (tertiary/aromatic N) is 3. The van der Waals surface area contributed by atoms with Crippen molar-refractivity contribution in [1.82, 2.24) is 15.1 Å². The summed E-state index contributed by atoms with van der Waals surface area (Å²) < 4.78 is 26.1. The number of aryl methyl sites for hydroxylation is 1.